The summed E-state index contributed by atoms with van der Waals surface area (Å²) in [6.45, 7) is 2.43. The van der Waals surface area contributed by atoms with E-state index >= 15 is 0 Å². The highest BCUT2D eigenvalue weighted by atomic mass is 19.1. The van der Waals surface area contributed by atoms with Crippen molar-refractivity contribution in [2.24, 2.45) is 0 Å². The average Bonchev–Trinajstić information content (AvgIpc) is 3.69. The first-order chi connectivity index (χ1) is 15.7. The van der Waals surface area contributed by atoms with Gasteiger partial charge in [-0.15, -0.1) is 0 Å². The zero-order valence-electron chi connectivity index (χ0n) is 18.6. The van der Waals surface area contributed by atoms with Crippen LogP contribution in [0.1, 0.15) is 73.8 Å². The minimum atomic E-state index is -0.192. The molecular formula is C26H31FN4O. The molecule has 3 aliphatic carbocycles. The monoisotopic (exact) mass is 434 g/mol. The van der Waals surface area contributed by atoms with Gasteiger partial charge in [0, 0.05) is 43.9 Å². The Labute approximate surface area is 189 Å². The van der Waals surface area contributed by atoms with E-state index in [1.807, 2.05) is 11.0 Å². The minimum Gasteiger partial charge on any atom is -0.341 e. The van der Waals surface area contributed by atoms with Crippen molar-refractivity contribution >= 4 is 17.4 Å². The van der Waals surface area contributed by atoms with Gasteiger partial charge in [0.05, 0.1) is 11.3 Å². The molecule has 0 aromatic carbocycles. The van der Waals surface area contributed by atoms with Gasteiger partial charge < -0.3 is 9.80 Å². The number of amides is 1. The van der Waals surface area contributed by atoms with Gasteiger partial charge in [-0.3, -0.25) is 4.79 Å². The van der Waals surface area contributed by atoms with Crippen LogP contribution in [0.15, 0.2) is 48.0 Å². The molecule has 0 spiro atoms. The molecule has 2 fully saturated rings. The molecule has 5 nitrogen and oxygen atoms in total. The fourth-order valence-electron chi connectivity index (χ4n) is 4.73. The van der Waals surface area contributed by atoms with E-state index in [2.05, 4.69) is 28.1 Å². The third-order valence-electron chi connectivity index (χ3n) is 6.73. The number of hydrogen-bond acceptors (Lipinski definition) is 4. The molecule has 0 unspecified atom stereocenters. The van der Waals surface area contributed by atoms with E-state index < -0.39 is 0 Å². The van der Waals surface area contributed by atoms with Crippen molar-refractivity contribution in [3.05, 3.63) is 59.2 Å². The number of carbonyl (C=O) groups excluding carboxylic acids is 1. The molecule has 0 atom stereocenters. The van der Waals surface area contributed by atoms with Crippen LogP contribution in [0, 0.1) is 0 Å². The molecular weight excluding hydrogens is 403 g/mol. The first kappa shape index (κ1) is 21.1. The highest BCUT2D eigenvalue weighted by Gasteiger charge is 2.35. The molecule has 4 aliphatic rings. The molecule has 32 heavy (non-hydrogen) atoms. The molecule has 0 N–H and O–H groups in total. The Morgan fingerprint density at radius 2 is 1.94 bits per heavy atom. The zero-order chi connectivity index (χ0) is 21.9. The molecule has 5 rings (SSSR count). The van der Waals surface area contributed by atoms with Gasteiger partial charge in [-0.2, -0.15) is 0 Å². The number of rotatable bonds is 6. The van der Waals surface area contributed by atoms with Gasteiger partial charge in [-0.05, 0) is 51.4 Å². The lowest BCUT2D eigenvalue weighted by molar-refractivity contribution is 0.0756. The summed E-state index contributed by atoms with van der Waals surface area (Å²) in [4.78, 5) is 27.3. The quantitative estimate of drug-likeness (QED) is 0.603. The standard InChI is InChI=1S/C26H31FN4O/c27-23-12-6-5-11-21(23)24-22(17-28-26(29-24)30-15-7-2-8-16-30)25(32)31(20-13-14-20)18-19-9-3-1-4-10-19/h1,3,5,9,11,17,20H,2,4,6-8,10,12-16,18H2. The van der Waals surface area contributed by atoms with Gasteiger partial charge in [0.2, 0.25) is 5.95 Å². The summed E-state index contributed by atoms with van der Waals surface area (Å²) >= 11 is 0. The molecule has 1 saturated carbocycles. The number of halogens is 1. The van der Waals surface area contributed by atoms with Gasteiger partial charge in [-0.1, -0.05) is 36.0 Å². The second-order valence-corrected chi connectivity index (χ2v) is 9.20. The van der Waals surface area contributed by atoms with Crippen LogP contribution in [0.4, 0.5) is 10.3 Å². The van der Waals surface area contributed by atoms with Crippen molar-refractivity contribution < 1.29 is 9.18 Å². The molecule has 1 amide bonds. The molecule has 2 heterocycles. The predicted molar refractivity (Wildman–Crippen MR) is 125 cm³/mol. The van der Waals surface area contributed by atoms with E-state index in [0.717, 1.165) is 51.6 Å². The Kier molecular flexibility index (Phi) is 6.19. The van der Waals surface area contributed by atoms with Crippen LogP contribution in [0.5, 0.6) is 0 Å². The molecule has 1 saturated heterocycles. The Balaban J connectivity index is 1.51. The number of aromatic nitrogens is 2. The van der Waals surface area contributed by atoms with Crippen molar-refractivity contribution in [2.75, 3.05) is 24.5 Å². The molecule has 1 aromatic heterocycles. The third kappa shape index (κ3) is 4.54. The van der Waals surface area contributed by atoms with Gasteiger partial charge in [0.15, 0.2) is 0 Å². The largest absolute Gasteiger partial charge is 0.341 e. The number of piperidine rings is 1. The van der Waals surface area contributed by atoms with Gasteiger partial charge in [-0.25, -0.2) is 14.4 Å². The van der Waals surface area contributed by atoms with Crippen LogP contribution in [-0.4, -0.2) is 46.5 Å². The normalized spacial score (nSPS) is 21.0. The van der Waals surface area contributed by atoms with Crippen molar-refractivity contribution in [3.63, 3.8) is 0 Å². The summed E-state index contributed by atoms with van der Waals surface area (Å²) in [7, 11) is 0. The summed E-state index contributed by atoms with van der Waals surface area (Å²) in [5, 5.41) is 0. The SMILES string of the molecule is O=C(c1cnc(N2CCCCC2)nc1C1=C(F)CCC=C1)N(CC1=CC=CCC1)C1CC1. The fraction of sp³-hybridized carbons (Fsp3) is 0.500. The minimum absolute atomic E-state index is 0.0811. The number of nitrogens with zero attached hydrogens (tertiary/aromatic N) is 4. The highest BCUT2D eigenvalue weighted by Crippen LogP contribution is 2.34. The first-order valence-electron chi connectivity index (χ1n) is 12.0. The smallest absolute Gasteiger partial charge is 0.258 e. The van der Waals surface area contributed by atoms with E-state index in [1.54, 1.807) is 12.3 Å². The van der Waals surface area contributed by atoms with Crippen molar-refractivity contribution in [1.29, 1.82) is 0 Å². The summed E-state index contributed by atoms with van der Waals surface area (Å²) in [6, 6.07) is 0.254. The highest BCUT2D eigenvalue weighted by molar-refractivity contribution is 6.00. The molecule has 1 aliphatic heterocycles. The van der Waals surface area contributed by atoms with Crippen LogP contribution in [-0.2, 0) is 0 Å². The summed E-state index contributed by atoms with van der Waals surface area (Å²) in [6.07, 6.45) is 20.2. The van der Waals surface area contributed by atoms with E-state index in [4.69, 9.17) is 4.98 Å². The summed E-state index contributed by atoms with van der Waals surface area (Å²) < 4.78 is 14.9. The number of hydrogen-bond donors (Lipinski definition) is 0. The van der Waals surface area contributed by atoms with E-state index in [9.17, 15) is 9.18 Å². The first-order valence-corrected chi connectivity index (χ1v) is 12.0. The van der Waals surface area contributed by atoms with Crippen LogP contribution in [0.2, 0.25) is 0 Å². The lowest BCUT2D eigenvalue weighted by atomic mass is 9.98. The van der Waals surface area contributed by atoms with Crippen LogP contribution in [0.25, 0.3) is 5.57 Å². The Bertz CT molecular complexity index is 999. The lowest BCUT2D eigenvalue weighted by Crippen LogP contribution is -2.36. The van der Waals surface area contributed by atoms with Gasteiger partial charge in [0.25, 0.3) is 5.91 Å². The van der Waals surface area contributed by atoms with Gasteiger partial charge in [0.1, 0.15) is 5.83 Å². The number of carbonyl (C=O) groups is 1. The van der Waals surface area contributed by atoms with E-state index in [0.29, 0.717) is 42.2 Å². The third-order valence-corrected chi connectivity index (χ3v) is 6.73. The predicted octanol–water partition coefficient (Wildman–Crippen LogP) is 5.38. The van der Waals surface area contributed by atoms with Crippen LogP contribution < -0.4 is 4.90 Å². The van der Waals surface area contributed by atoms with Crippen molar-refractivity contribution in [2.45, 2.75) is 63.8 Å². The summed E-state index contributed by atoms with van der Waals surface area (Å²) in [5.41, 5.74) is 2.57. The Morgan fingerprint density at radius 3 is 2.66 bits per heavy atom. The van der Waals surface area contributed by atoms with E-state index in [-0.39, 0.29) is 17.8 Å². The zero-order valence-corrected chi connectivity index (χ0v) is 18.6. The second kappa shape index (κ2) is 9.39. The number of allylic oxidation sites excluding steroid dienone is 7. The number of anilines is 1. The lowest BCUT2D eigenvalue weighted by Gasteiger charge is -2.28. The Morgan fingerprint density at radius 1 is 1.12 bits per heavy atom. The molecule has 1 aromatic rings. The molecule has 0 bridgehead atoms. The maximum Gasteiger partial charge on any atom is 0.258 e. The van der Waals surface area contributed by atoms with E-state index in [1.165, 1.54) is 12.0 Å². The molecule has 6 heteroatoms. The van der Waals surface area contributed by atoms with Crippen molar-refractivity contribution in [1.82, 2.24) is 14.9 Å². The van der Waals surface area contributed by atoms with Gasteiger partial charge >= 0.3 is 0 Å². The fourth-order valence-corrected chi connectivity index (χ4v) is 4.73. The average molecular weight is 435 g/mol. The maximum atomic E-state index is 14.9. The van der Waals surface area contributed by atoms with Crippen molar-refractivity contribution in [3.8, 4) is 0 Å². The second-order valence-electron chi connectivity index (χ2n) is 9.20. The Hall–Kier alpha value is -2.76. The topological polar surface area (TPSA) is 49.3 Å². The molecule has 0 radical (unpaired) electrons. The van der Waals surface area contributed by atoms with Crippen LogP contribution >= 0.6 is 0 Å². The summed E-state index contributed by atoms with van der Waals surface area (Å²) in [5.74, 6) is 0.332. The maximum absolute atomic E-state index is 14.9. The van der Waals surface area contributed by atoms with Crippen LogP contribution in [0.3, 0.4) is 0 Å². The molecule has 168 valence electrons.